The number of primary amides is 1. The van der Waals surface area contributed by atoms with Crippen LogP contribution >= 0.6 is 11.3 Å². The van der Waals surface area contributed by atoms with Crippen LogP contribution in [0.4, 0.5) is 5.13 Å². The number of benzene rings is 2. The highest BCUT2D eigenvalue weighted by Crippen LogP contribution is 2.26. The van der Waals surface area contributed by atoms with Crippen molar-refractivity contribution in [2.24, 2.45) is 5.73 Å². The van der Waals surface area contributed by atoms with Crippen molar-refractivity contribution in [3.05, 3.63) is 76.3 Å². The first kappa shape index (κ1) is 22.3. The Hall–Kier alpha value is -2.94. The molecule has 0 spiro atoms. The molecule has 8 heteroatoms. The zero-order valence-electron chi connectivity index (χ0n) is 18.1. The van der Waals surface area contributed by atoms with Gasteiger partial charge in [0, 0.05) is 38.1 Å². The summed E-state index contributed by atoms with van der Waals surface area (Å²) in [5.74, 6) is -0.154. The van der Waals surface area contributed by atoms with Crippen molar-refractivity contribution >= 4 is 22.4 Å². The molecule has 168 valence electrons. The van der Waals surface area contributed by atoms with Crippen LogP contribution in [0.2, 0.25) is 0 Å². The van der Waals surface area contributed by atoms with Crippen molar-refractivity contribution < 1.29 is 14.6 Å². The van der Waals surface area contributed by atoms with Crippen LogP contribution in [0.1, 0.15) is 33.3 Å². The van der Waals surface area contributed by atoms with Gasteiger partial charge in [0.25, 0.3) is 5.91 Å². The molecule has 0 bridgehead atoms. The molecule has 0 radical (unpaired) electrons. The highest BCUT2D eigenvalue weighted by Gasteiger charge is 2.22. The van der Waals surface area contributed by atoms with Crippen molar-refractivity contribution in [1.82, 2.24) is 9.88 Å². The number of β-amino-alcohol motifs (C(OH)–C–C–N with tert-alkyl or cyclic N) is 1. The molecule has 3 N–H and O–H groups in total. The van der Waals surface area contributed by atoms with Gasteiger partial charge in [0.1, 0.15) is 12.4 Å². The van der Waals surface area contributed by atoms with E-state index in [4.69, 9.17) is 10.5 Å². The van der Waals surface area contributed by atoms with E-state index in [2.05, 4.69) is 20.2 Å². The van der Waals surface area contributed by atoms with Crippen molar-refractivity contribution in [3.63, 3.8) is 0 Å². The molecule has 0 aliphatic carbocycles. The number of carbonyl (C=O) groups excluding carboxylic acids is 1. The lowest BCUT2D eigenvalue weighted by molar-refractivity contribution is 0.0993. The molecule has 4 rings (SSSR count). The van der Waals surface area contributed by atoms with Crippen LogP contribution < -0.4 is 15.4 Å². The predicted molar refractivity (Wildman–Crippen MR) is 126 cm³/mol. The molecule has 1 atom stereocenters. The topological polar surface area (TPSA) is 91.9 Å². The number of aliphatic hydroxyl groups excluding tert-OH is 1. The summed E-state index contributed by atoms with van der Waals surface area (Å²) >= 11 is 1.67. The van der Waals surface area contributed by atoms with Crippen molar-refractivity contribution in [1.29, 1.82) is 0 Å². The minimum absolute atomic E-state index is 0.279. The van der Waals surface area contributed by atoms with Crippen LogP contribution in [0.5, 0.6) is 5.75 Å². The number of aryl methyl sites for hydroxylation is 1. The van der Waals surface area contributed by atoms with E-state index >= 15 is 0 Å². The lowest BCUT2D eigenvalue weighted by Gasteiger charge is -2.35. The molecule has 0 saturated carbocycles. The average molecular weight is 453 g/mol. The summed E-state index contributed by atoms with van der Waals surface area (Å²) in [5, 5.41) is 13.9. The molecule has 1 fully saturated rings. The minimum atomic E-state index is -0.718. The summed E-state index contributed by atoms with van der Waals surface area (Å²) in [6.07, 6.45) is -0.718. The fourth-order valence-electron chi connectivity index (χ4n) is 3.77. The van der Waals surface area contributed by atoms with E-state index in [1.54, 1.807) is 29.5 Å². The maximum Gasteiger partial charge on any atom is 0.252 e. The number of hydrogen-bond acceptors (Lipinski definition) is 7. The normalized spacial score (nSPS) is 15.5. The average Bonchev–Trinajstić information content (AvgIpc) is 3.25. The number of amides is 1. The van der Waals surface area contributed by atoms with Crippen molar-refractivity contribution in [2.45, 2.75) is 19.6 Å². The molecular formula is C24H28N4O3S. The van der Waals surface area contributed by atoms with Crippen LogP contribution in [0.25, 0.3) is 0 Å². The number of nitrogens with zero attached hydrogens (tertiary/aromatic N) is 3. The van der Waals surface area contributed by atoms with Crippen LogP contribution in [-0.2, 0) is 6.61 Å². The van der Waals surface area contributed by atoms with Crippen LogP contribution in [0, 0.1) is 6.92 Å². The Morgan fingerprint density at radius 2 is 1.94 bits per heavy atom. The Kier molecular flexibility index (Phi) is 7.04. The number of thiazole rings is 1. The van der Waals surface area contributed by atoms with Gasteiger partial charge < -0.3 is 20.5 Å². The van der Waals surface area contributed by atoms with Gasteiger partial charge in [-0.1, -0.05) is 36.4 Å². The minimum Gasteiger partial charge on any atom is -0.488 e. The highest BCUT2D eigenvalue weighted by atomic mass is 32.1. The molecule has 1 aliphatic heterocycles. The monoisotopic (exact) mass is 452 g/mol. The van der Waals surface area contributed by atoms with E-state index in [1.165, 1.54) is 0 Å². The summed E-state index contributed by atoms with van der Waals surface area (Å²) < 4.78 is 5.82. The summed E-state index contributed by atoms with van der Waals surface area (Å²) in [6, 6.07) is 14.9. The van der Waals surface area contributed by atoms with Gasteiger partial charge in [-0.3, -0.25) is 9.69 Å². The predicted octanol–water partition coefficient (Wildman–Crippen LogP) is 2.99. The summed E-state index contributed by atoms with van der Waals surface area (Å²) in [7, 11) is 0. The van der Waals surface area contributed by atoms with E-state index in [-0.39, 0.29) is 5.56 Å². The number of ether oxygens (including phenoxy) is 1. The molecule has 2 heterocycles. The molecule has 1 unspecified atom stereocenters. The lowest BCUT2D eigenvalue weighted by atomic mass is 10.0. The van der Waals surface area contributed by atoms with Crippen molar-refractivity contribution in [3.8, 4) is 5.75 Å². The third-order valence-corrected chi connectivity index (χ3v) is 6.59. The van der Waals surface area contributed by atoms with Gasteiger partial charge in [0.05, 0.1) is 17.4 Å². The molecule has 1 aromatic heterocycles. The van der Waals surface area contributed by atoms with Gasteiger partial charge in [0.15, 0.2) is 5.13 Å². The molecule has 1 aliphatic rings. The number of piperazine rings is 1. The number of aromatic nitrogens is 1. The third-order valence-electron chi connectivity index (χ3n) is 5.57. The second kappa shape index (κ2) is 10.1. The molecule has 7 nitrogen and oxygen atoms in total. The van der Waals surface area contributed by atoms with E-state index in [0.717, 1.165) is 42.6 Å². The molecule has 2 aromatic carbocycles. The maximum atomic E-state index is 12.0. The van der Waals surface area contributed by atoms with Crippen LogP contribution in [0.3, 0.4) is 0 Å². The summed E-state index contributed by atoms with van der Waals surface area (Å²) in [4.78, 5) is 21.1. The Labute approximate surface area is 192 Å². The second-order valence-electron chi connectivity index (χ2n) is 7.97. The third kappa shape index (κ3) is 5.45. The first-order valence-corrected chi connectivity index (χ1v) is 11.6. The largest absolute Gasteiger partial charge is 0.488 e. The fraction of sp³-hybridized carbons (Fsp3) is 0.333. The van der Waals surface area contributed by atoms with Gasteiger partial charge in [-0.25, -0.2) is 4.98 Å². The first-order chi connectivity index (χ1) is 15.5. The quantitative estimate of drug-likeness (QED) is 0.546. The Morgan fingerprint density at radius 3 is 2.59 bits per heavy atom. The Balaban J connectivity index is 1.36. The van der Waals surface area contributed by atoms with Crippen LogP contribution in [0.15, 0.2) is 53.9 Å². The maximum absolute atomic E-state index is 12.0. The number of rotatable bonds is 8. The van der Waals surface area contributed by atoms with Crippen LogP contribution in [-0.4, -0.2) is 53.6 Å². The lowest BCUT2D eigenvalue weighted by Crippen LogP contribution is -2.47. The van der Waals surface area contributed by atoms with E-state index in [1.807, 2.05) is 37.3 Å². The number of hydrogen-bond donors (Lipinski definition) is 2. The number of anilines is 1. The zero-order chi connectivity index (χ0) is 22.5. The van der Waals surface area contributed by atoms with Gasteiger partial charge >= 0.3 is 0 Å². The number of nitrogens with two attached hydrogens (primary N) is 1. The first-order valence-electron chi connectivity index (χ1n) is 10.7. The van der Waals surface area contributed by atoms with Gasteiger partial charge in [-0.2, -0.15) is 0 Å². The van der Waals surface area contributed by atoms with E-state index in [0.29, 0.717) is 24.5 Å². The summed E-state index contributed by atoms with van der Waals surface area (Å²) in [6.45, 7) is 6.27. The van der Waals surface area contributed by atoms with E-state index < -0.39 is 12.0 Å². The Morgan fingerprint density at radius 1 is 1.19 bits per heavy atom. The zero-order valence-corrected chi connectivity index (χ0v) is 18.9. The molecule has 3 aromatic rings. The number of carbonyl (C=O) groups is 1. The molecular weight excluding hydrogens is 424 g/mol. The van der Waals surface area contributed by atoms with Gasteiger partial charge in [0.2, 0.25) is 0 Å². The number of aliphatic hydroxyl groups is 1. The van der Waals surface area contributed by atoms with Crippen molar-refractivity contribution in [2.75, 3.05) is 37.6 Å². The standard InChI is InChI=1S/C24H28N4O3S/c1-17-16-32-24(26-17)28-11-9-27(10-12-28)14-21(29)19-7-8-22(20(13-19)23(25)30)31-15-18-5-3-2-4-6-18/h2-8,13,16,21,29H,9-12,14-15H2,1H3,(H2,25,30). The second-order valence-corrected chi connectivity index (χ2v) is 8.81. The van der Waals surface area contributed by atoms with E-state index in [9.17, 15) is 9.90 Å². The summed E-state index contributed by atoms with van der Waals surface area (Å²) in [5.41, 5.74) is 8.57. The Bertz CT molecular complexity index is 1050. The van der Waals surface area contributed by atoms with Gasteiger partial charge in [-0.05, 0) is 30.2 Å². The smallest absolute Gasteiger partial charge is 0.252 e. The fourth-order valence-corrected chi connectivity index (χ4v) is 4.62. The molecule has 1 amide bonds. The SMILES string of the molecule is Cc1csc(N2CCN(CC(O)c3ccc(OCc4ccccc4)c(C(N)=O)c3)CC2)n1. The highest BCUT2D eigenvalue weighted by molar-refractivity contribution is 7.13. The van der Waals surface area contributed by atoms with Gasteiger partial charge in [-0.15, -0.1) is 11.3 Å². The molecule has 32 heavy (non-hydrogen) atoms. The molecule has 1 saturated heterocycles.